The maximum Gasteiger partial charge on any atom is 0.418 e. The van der Waals surface area contributed by atoms with Gasteiger partial charge in [0.25, 0.3) is 0 Å². The standard InChI is InChI=1S/C13H14F3NO3/c14-13(15,16)11-5-9(7-18)1-2-12(11)17-3-4-20-10(6-17)8-19/h1-2,5,7,10,19H,3-4,6,8H2. The quantitative estimate of drug-likeness (QED) is 0.861. The third-order valence-electron chi connectivity index (χ3n) is 3.15. The second-order valence-corrected chi connectivity index (χ2v) is 4.51. The minimum Gasteiger partial charge on any atom is -0.394 e. The molecular weight excluding hydrogens is 275 g/mol. The van der Waals surface area contributed by atoms with Gasteiger partial charge >= 0.3 is 6.18 Å². The van der Waals surface area contributed by atoms with Crippen LogP contribution in [0, 0.1) is 0 Å². The summed E-state index contributed by atoms with van der Waals surface area (Å²) in [5, 5.41) is 9.05. The topological polar surface area (TPSA) is 49.8 Å². The number of aldehydes is 1. The van der Waals surface area contributed by atoms with Gasteiger partial charge in [0.15, 0.2) is 0 Å². The number of aliphatic hydroxyl groups is 1. The van der Waals surface area contributed by atoms with Crippen LogP contribution in [0.4, 0.5) is 18.9 Å². The number of hydrogen-bond acceptors (Lipinski definition) is 4. The molecule has 0 saturated carbocycles. The van der Waals surface area contributed by atoms with E-state index in [0.717, 1.165) is 6.07 Å². The first-order valence-corrected chi connectivity index (χ1v) is 6.09. The fourth-order valence-electron chi connectivity index (χ4n) is 2.18. The molecule has 20 heavy (non-hydrogen) atoms. The molecular formula is C13H14F3NO3. The summed E-state index contributed by atoms with van der Waals surface area (Å²) in [7, 11) is 0. The molecule has 1 fully saturated rings. The van der Waals surface area contributed by atoms with Crippen LogP contribution in [0.5, 0.6) is 0 Å². The molecule has 0 amide bonds. The average molecular weight is 289 g/mol. The predicted molar refractivity (Wildman–Crippen MR) is 65.9 cm³/mol. The molecule has 0 bridgehead atoms. The summed E-state index contributed by atoms with van der Waals surface area (Å²) >= 11 is 0. The van der Waals surface area contributed by atoms with E-state index in [4.69, 9.17) is 9.84 Å². The summed E-state index contributed by atoms with van der Waals surface area (Å²) in [6.45, 7) is 0.488. The molecule has 1 heterocycles. The highest BCUT2D eigenvalue weighted by atomic mass is 19.4. The van der Waals surface area contributed by atoms with Crippen molar-refractivity contribution in [3.63, 3.8) is 0 Å². The van der Waals surface area contributed by atoms with Gasteiger partial charge in [-0.15, -0.1) is 0 Å². The van der Waals surface area contributed by atoms with Gasteiger partial charge in [-0.05, 0) is 18.2 Å². The highest BCUT2D eigenvalue weighted by Gasteiger charge is 2.36. The van der Waals surface area contributed by atoms with Gasteiger partial charge in [-0.2, -0.15) is 13.2 Å². The lowest BCUT2D eigenvalue weighted by atomic mass is 10.1. The van der Waals surface area contributed by atoms with Crippen molar-refractivity contribution in [2.24, 2.45) is 0 Å². The fraction of sp³-hybridized carbons (Fsp3) is 0.462. The Morgan fingerprint density at radius 1 is 1.45 bits per heavy atom. The molecule has 0 radical (unpaired) electrons. The number of alkyl halides is 3. The highest BCUT2D eigenvalue weighted by Crippen LogP contribution is 2.37. The smallest absolute Gasteiger partial charge is 0.394 e. The number of aliphatic hydroxyl groups excluding tert-OH is 1. The molecule has 1 aromatic rings. The number of halogens is 3. The number of hydrogen-bond donors (Lipinski definition) is 1. The van der Waals surface area contributed by atoms with Crippen molar-refractivity contribution in [3.8, 4) is 0 Å². The molecule has 2 rings (SSSR count). The van der Waals surface area contributed by atoms with E-state index >= 15 is 0 Å². The first kappa shape index (κ1) is 14.8. The van der Waals surface area contributed by atoms with E-state index in [1.165, 1.54) is 17.0 Å². The van der Waals surface area contributed by atoms with Crippen LogP contribution in [-0.4, -0.2) is 43.8 Å². The summed E-state index contributed by atoms with van der Waals surface area (Å²) in [5.41, 5.74) is -0.862. The second-order valence-electron chi connectivity index (χ2n) is 4.51. The number of morpholine rings is 1. The van der Waals surface area contributed by atoms with Crippen LogP contribution >= 0.6 is 0 Å². The van der Waals surface area contributed by atoms with Crippen LogP contribution in [0.2, 0.25) is 0 Å². The normalized spacial score (nSPS) is 20.0. The Balaban J connectivity index is 2.37. The maximum atomic E-state index is 13.1. The van der Waals surface area contributed by atoms with Crippen molar-refractivity contribution < 1.29 is 27.8 Å². The third kappa shape index (κ3) is 3.10. The summed E-state index contributed by atoms with van der Waals surface area (Å²) in [4.78, 5) is 12.2. The van der Waals surface area contributed by atoms with Gasteiger partial charge in [-0.1, -0.05) is 0 Å². The van der Waals surface area contributed by atoms with Gasteiger partial charge in [0.05, 0.1) is 24.9 Å². The number of benzene rings is 1. The number of carbonyl (C=O) groups is 1. The summed E-state index contributed by atoms with van der Waals surface area (Å²) in [5.74, 6) is 0. The zero-order valence-corrected chi connectivity index (χ0v) is 10.6. The van der Waals surface area contributed by atoms with E-state index in [2.05, 4.69) is 0 Å². The lowest BCUT2D eigenvalue weighted by Gasteiger charge is -2.35. The van der Waals surface area contributed by atoms with E-state index in [1.807, 2.05) is 0 Å². The SMILES string of the molecule is O=Cc1ccc(N2CCOC(CO)C2)c(C(F)(F)F)c1. The van der Waals surface area contributed by atoms with Crippen LogP contribution in [0.25, 0.3) is 0 Å². The first-order chi connectivity index (χ1) is 9.45. The summed E-state index contributed by atoms with van der Waals surface area (Å²) in [6, 6.07) is 3.47. The third-order valence-corrected chi connectivity index (χ3v) is 3.15. The van der Waals surface area contributed by atoms with Crippen LogP contribution in [-0.2, 0) is 10.9 Å². The highest BCUT2D eigenvalue weighted by molar-refractivity contribution is 5.77. The Bertz CT molecular complexity index is 490. The van der Waals surface area contributed by atoms with Gasteiger partial charge in [0, 0.05) is 24.3 Å². The summed E-state index contributed by atoms with van der Waals surface area (Å²) < 4.78 is 44.4. The van der Waals surface area contributed by atoms with Gasteiger partial charge in [0.1, 0.15) is 6.29 Å². The minimum atomic E-state index is -4.54. The van der Waals surface area contributed by atoms with Gasteiger partial charge < -0.3 is 14.7 Å². The molecule has 1 aromatic carbocycles. The molecule has 1 aliphatic rings. The molecule has 1 aliphatic heterocycles. The van der Waals surface area contributed by atoms with Crippen LogP contribution in [0.15, 0.2) is 18.2 Å². The molecule has 7 heteroatoms. The van der Waals surface area contributed by atoms with Gasteiger partial charge in [-0.25, -0.2) is 0 Å². The maximum absolute atomic E-state index is 13.1. The number of anilines is 1. The second kappa shape index (κ2) is 5.80. The minimum absolute atomic E-state index is 0.00449. The van der Waals surface area contributed by atoms with Crippen LogP contribution in [0.3, 0.4) is 0 Å². The molecule has 1 atom stereocenters. The zero-order chi connectivity index (χ0) is 14.8. The fourth-order valence-corrected chi connectivity index (χ4v) is 2.18. The van der Waals surface area contributed by atoms with E-state index in [-0.39, 0.29) is 31.0 Å². The summed E-state index contributed by atoms with van der Waals surface area (Å²) in [6.07, 6.45) is -4.66. The number of rotatable bonds is 3. The Morgan fingerprint density at radius 2 is 2.20 bits per heavy atom. The van der Waals surface area contributed by atoms with E-state index in [1.54, 1.807) is 0 Å². The predicted octanol–water partition coefficient (Wildman–Crippen LogP) is 1.72. The van der Waals surface area contributed by atoms with E-state index in [9.17, 15) is 18.0 Å². The largest absolute Gasteiger partial charge is 0.418 e. The molecule has 0 spiro atoms. The molecule has 1 saturated heterocycles. The van der Waals surface area contributed by atoms with E-state index < -0.39 is 17.8 Å². The molecule has 4 nitrogen and oxygen atoms in total. The molecule has 110 valence electrons. The number of carbonyl (C=O) groups excluding carboxylic acids is 1. The lowest BCUT2D eigenvalue weighted by molar-refractivity contribution is -0.137. The van der Waals surface area contributed by atoms with Crippen molar-refractivity contribution in [1.82, 2.24) is 0 Å². The Kier molecular flexibility index (Phi) is 4.29. The average Bonchev–Trinajstić information content (AvgIpc) is 2.45. The molecule has 0 aliphatic carbocycles. The Labute approximate surface area is 113 Å². The zero-order valence-electron chi connectivity index (χ0n) is 10.6. The Hall–Kier alpha value is -1.60. The monoisotopic (exact) mass is 289 g/mol. The lowest BCUT2D eigenvalue weighted by Crippen LogP contribution is -2.44. The van der Waals surface area contributed by atoms with Gasteiger partial charge in [-0.3, -0.25) is 4.79 Å². The number of nitrogens with zero attached hydrogens (tertiary/aromatic N) is 1. The van der Waals surface area contributed by atoms with Crippen molar-refractivity contribution in [2.45, 2.75) is 12.3 Å². The van der Waals surface area contributed by atoms with E-state index in [0.29, 0.717) is 12.8 Å². The van der Waals surface area contributed by atoms with Crippen LogP contribution < -0.4 is 4.90 Å². The van der Waals surface area contributed by atoms with Crippen molar-refractivity contribution in [2.75, 3.05) is 31.2 Å². The molecule has 1 N–H and O–H groups in total. The van der Waals surface area contributed by atoms with Crippen molar-refractivity contribution in [3.05, 3.63) is 29.3 Å². The Morgan fingerprint density at radius 3 is 2.80 bits per heavy atom. The number of ether oxygens (including phenoxy) is 1. The molecule has 1 unspecified atom stereocenters. The van der Waals surface area contributed by atoms with Crippen LogP contribution in [0.1, 0.15) is 15.9 Å². The first-order valence-electron chi connectivity index (χ1n) is 6.09. The van der Waals surface area contributed by atoms with Crippen molar-refractivity contribution in [1.29, 1.82) is 0 Å². The van der Waals surface area contributed by atoms with Crippen molar-refractivity contribution >= 4 is 12.0 Å². The van der Waals surface area contributed by atoms with Gasteiger partial charge in [0.2, 0.25) is 0 Å². The molecule has 0 aromatic heterocycles.